The van der Waals surface area contributed by atoms with Crippen molar-refractivity contribution >= 4 is 44.1 Å². The molecule has 0 bridgehead atoms. The van der Waals surface area contributed by atoms with Gasteiger partial charge in [0.2, 0.25) is 0 Å². The first kappa shape index (κ1) is 21.5. The quantitative estimate of drug-likeness (QED) is 0.596. The number of aliphatic imine (C=N–C) groups is 1. The van der Waals surface area contributed by atoms with Gasteiger partial charge in [-0.3, -0.25) is 4.99 Å². The van der Waals surface area contributed by atoms with Crippen molar-refractivity contribution in [2.75, 3.05) is 16.4 Å². The van der Waals surface area contributed by atoms with Gasteiger partial charge in [-0.15, -0.1) is 0 Å². The summed E-state index contributed by atoms with van der Waals surface area (Å²) in [6.45, 7) is 0. The predicted molar refractivity (Wildman–Crippen MR) is 110 cm³/mol. The van der Waals surface area contributed by atoms with E-state index in [0.29, 0.717) is 10.7 Å². The minimum atomic E-state index is -4.59. The molecular formula is C19H15ClF4N2O2S2. The molecule has 2 aromatic rings. The Bertz CT molecular complexity index is 1120. The van der Waals surface area contributed by atoms with Crippen LogP contribution in [-0.2, 0) is 21.8 Å². The molecule has 30 heavy (non-hydrogen) atoms. The predicted octanol–water partition coefficient (Wildman–Crippen LogP) is 4.77. The average Bonchev–Trinajstić information content (AvgIpc) is 3.11. The minimum absolute atomic E-state index is 0.0378. The largest absolute Gasteiger partial charge is 0.416 e. The van der Waals surface area contributed by atoms with E-state index in [0.717, 1.165) is 30.0 Å². The van der Waals surface area contributed by atoms with Crippen LogP contribution in [0.15, 0.2) is 47.5 Å². The standard InChI is InChI=1S/C19H15ClF4N2O2S2/c20-13-6-5-12(19(22,23)24)7-16(13)26-17-10-30(27,28)9-15(17)25-18(26)29-8-11-3-1-2-4-14(11)21/h1-7,15,17H,8-10H2/t15-,17+/m0/s1. The van der Waals surface area contributed by atoms with Gasteiger partial charge in [0.15, 0.2) is 15.0 Å². The lowest BCUT2D eigenvalue weighted by molar-refractivity contribution is -0.137. The van der Waals surface area contributed by atoms with Gasteiger partial charge in [-0.05, 0) is 29.8 Å². The van der Waals surface area contributed by atoms with Gasteiger partial charge in [0.1, 0.15) is 5.82 Å². The molecule has 0 radical (unpaired) electrons. The summed E-state index contributed by atoms with van der Waals surface area (Å²) in [7, 11) is -3.38. The molecule has 1 saturated heterocycles. The Morgan fingerprint density at radius 1 is 1.17 bits per heavy atom. The monoisotopic (exact) mass is 478 g/mol. The third-order valence-electron chi connectivity index (χ3n) is 4.96. The van der Waals surface area contributed by atoms with Gasteiger partial charge in [-0.25, -0.2) is 12.8 Å². The van der Waals surface area contributed by atoms with E-state index in [4.69, 9.17) is 11.6 Å². The highest BCUT2D eigenvalue weighted by atomic mass is 35.5. The van der Waals surface area contributed by atoms with Gasteiger partial charge < -0.3 is 4.90 Å². The molecule has 4 nitrogen and oxygen atoms in total. The summed E-state index contributed by atoms with van der Waals surface area (Å²) in [6, 6.07) is 7.79. The van der Waals surface area contributed by atoms with Crippen LogP contribution in [0.4, 0.5) is 23.2 Å². The minimum Gasteiger partial charge on any atom is -0.313 e. The molecular weight excluding hydrogens is 464 g/mol. The number of hydrogen-bond donors (Lipinski definition) is 0. The van der Waals surface area contributed by atoms with Crippen LogP contribution < -0.4 is 4.90 Å². The first-order valence-corrected chi connectivity index (χ1v) is 12.0. The Balaban J connectivity index is 1.71. The zero-order valence-electron chi connectivity index (χ0n) is 15.2. The summed E-state index contributed by atoms with van der Waals surface area (Å²) in [5.41, 5.74) is -0.453. The smallest absolute Gasteiger partial charge is 0.313 e. The Morgan fingerprint density at radius 2 is 1.90 bits per heavy atom. The molecule has 2 aliphatic rings. The van der Waals surface area contributed by atoms with Crippen molar-refractivity contribution in [3.63, 3.8) is 0 Å². The van der Waals surface area contributed by atoms with Gasteiger partial charge in [0.25, 0.3) is 0 Å². The molecule has 4 rings (SSSR count). The Labute approximate surface area is 179 Å². The number of halogens is 5. The molecule has 1 fully saturated rings. The molecule has 2 heterocycles. The highest BCUT2D eigenvalue weighted by Gasteiger charge is 2.48. The molecule has 2 atom stereocenters. The topological polar surface area (TPSA) is 49.7 Å². The van der Waals surface area contributed by atoms with Crippen molar-refractivity contribution in [2.24, 2.45) is 4.99 Å². The highest BCUT2D eigenvalue weighted by Crippen LogP contribution is 2.41. The van der Waals surface area contributed by atoms with Crippen LogP contribution in [0, 0.1) is 5.82 Å². The first-order valence-electron chi connectivity index (χ1n) is 8.85. The van der Waals surface area contributed by atoms with Crippen molar-refractivity contribution in [1.82, 2.24) is 0 Å². The molecule has 11 heteroatoms. The number of anilines is 1. The molecule has 0 aromatic heterocycles. The normalized spacial score (nSPS) is 22.8. The van der Waals surface area contributed by atoms with E-state index in [2.05, 4.69) is 4.99 Å². The summed E-state index contributed by atoms with van der Waals surface area (Å²) in [4.78, 5) is 5.90. The van der Waals surface area contributed by atoms with Crippen LogP contribution in [0.5, 0.6) is 0 Å². The third-order valence-corrected chi connectivity index (χ3v) is 7.99. The van der Waals surface area contributed by atoms with Gasteiger partial charge in [0.05, 0.1) is 39.9 Å². The number of benzene rings is 2. The van der Waals surface area contributed by atoms with Gasteiger partial charge in [0, 0.05) is 5.75 Å². The number of thioether (sulfide) groups is 1. The SMILES string of the molecule is O=S1(=O)C[C@@H]2N=C(SCc3ccccc3F)N(c3cc(C(F)(F)F)ccc3Cl)[C@@H]2C1. The van der Waals surface area contributed by atoms with E-state index in [1.165, 1.54) is 11.0 Å². The molecule has 0 amide bonds. The van der Waals surface area contributed by atoms with E-state index in [-0.39, 0.29) is 28.0 Å². The fourth-order valence-corrected chi connectivity index (χ4v) is 6.70. The molecule has 160 valence electrons. The molecule has 0 unspecified atom stereocenters. The van der Waals surface area contributed by atoms with Crippen molar-refractivity contribution in [3.05, 3.63) is 64.4 Å². The van der Waals surface area contributed by atoms with E-state index in [9.17, 15) is 26.0 Å². The van der Waals surface area contributed by atoms with Crippen LogP contribution in [0.1, 0.15) is 11.1 Å². The number of hydrogen-bond acceptors (Lipinski definition) is 5. The van der Waals surface area contributed by atoms with Crippen LogP contribution >= 0.6 is 23.4 Å². The van der Waals surface area contributed by atoms with Crippen molar-refractivity contribution in [1.29, 1.82) is 0 Å². The fourth-order valence-electron chi connectivity index (χ4n) is 3.55. The first-order chi connectivity index (χ1) is 14.0. The number of fused-ring (bicyclic) bond motifs is 1. The summed E-state index contributed by atoms with van der Waals surface area (Å²) >= 11 is 7.35. The van der Waals surface area contributed by atoms with E-state index in [1.807, 2.05) is 0 Å². The van der Waals surface area contributed by atoms with Crippen LogP contribution in [0.25, 0.3) is 0 Å². The molecule has 2 aliphatic heterocycles. The van der Waals surface area contributed by atoms with Crippen molar-refractivity contribution < 1.29 is 26.0 Å². The maximum Gasteiger partial charge on any atom is 0.416 e. The average molecular weight is 479 g/mol. The van der Waals surface area contributed by atoms with E-state index >= 15 is 0 Å². The summed E-state index contributed by atoms with van der Waals surface area (Å²) in [5.74, 6) is -0.647. The summed E-state index contributed by atoms with van der Waals surface area (Å²) < 4.78 is 77.9. The summed E-state index contributed by atoms with van der Waals surface area (Å²) in [6.07, 6.45) is -4.59. The van der Waals surface area contributed by atoms with Gasteiger partial charge >= 0.3 is 6.18 Å². The Hall–Kier alpha value is -1.78. The fraction of sp³-hybridized carbons (Fsp3) is 0.316. The second-order valence-corrected chi connectivity index (χ2v) is 10.5. The Morgan fingerprint density at radius 3 is 2.60 bits per heavy atom. The van der Waals surface area contributed by atoms with Gasteiger partial charge in [-0.1, -0.05) is 41.6 Å². The van der Waals surface area contributed by atoms with Crippen molar-refractivity contribution in [3.8, 4) is 0 Å². The molecule has 0 N–H and O–H groups in total. The van der Waals surface area contributed by atoms with E-state index in [1.54, 1.807) is 18.2 Å². The van der Waals surface area contributed by atoms with Crippen LogP contribution in [0.3, 0.4) is 0 Å². The number of rotatable bonds is 3. The lowest BCUT2D eigenvalue weighted by Gasteiger charge is -2.28. The number of amidine groups is 1. The van der Waals surface area contributed by atoms with Crippen molar-refractivity contribution in [2.45, 2.75) is 24.0 Å². The second kappa shape index (κ2) is 7.72. The molecule has 0 spiro atoms. The molecule has 0 saturated carbocycles. The molecule has 2 aromatic carbocycles. The maximum absolute atomic E-state index is 14.0. The van der Waals surface area contributed by atoms with Crippen LogP contribution in [-0.4, -0.2) is 37.2 Å². The highest BCUT2D eigenvalue weighted by molar-refractivity contribution is 8.13. The number of alkyl halides is 3. The van der Waals surface area contributed by atoms with E-state index < -0.39 is 39.5 Å². The maximum atomic E-state index is 14.0. The number of nitrogens with zero attached hydrogens (tertiary/aromatic N) is 2. The number of sulfone groups is 1. The zero-order chi connectivity index (χ0) is 21.7. The van der Waals surface area contributed by atoms with Gasteiger partial charge in [-0.2, -0.15) is 13.2 Å². The lowest BCUT2D eigenvalue weighted by Crippen LogP contribution is -2.39. The molecule has 0 aliphatic carbocycles. The van der Waals surface area contributed by atoms with Crippen LogP contribution in [0.2, 0.25) is 5.02 Å². The summed E-state index contributed by atoms with van der Waals surface area (Å²) in [5, 5.41) is 0.372. The third kappa shape index (κ3) is 4.17. The lowest BCUT2D eigenvalue weighted by atomic mass is 10.1. The Kier molecular flexibility index (Phi) is 5.52. The second-order valence-electron chi connectivity index (χ2n) is 7.04. The zero-order valence-corrected chi connectivity index (χ0v) is 17.6.